The molecular weight excluding hydrogens is 416 g/mol. The summed E-state index contributed by atoms with van der Waals surface area (Å²) in [4.78, 5) is 41.3. The first-order valence-electron chi connectivity index (χ1n) is 12.8. The molecule has 1 unspecified atom stereocenters. The lowest BCUT2D eigenvalue weighted by Crippen LogP contribution is -2.52. The lowest BCUT2D eigenvalue weighted by atomic mass is 9.85. The van der Waals surface area contributed by atoms with Crippen LogP contribution in [0.2, 0.25) is 0 Å². The predicted octanol–water partition coefficient (Wildman–Crippen LogP) is 2.44. The van der Waals surface area contributed by atoms with Gasteiger partial charge in [0, 0.05) is 25.1 Å². The van der Waals surface area contributed by atoms with Gasteiger partial charge in [0.05, 0.1) is 0 Å². The number of likely N-dealkylation sites (tertiary alicyclic amines) is 1. The minimum Gasteiger partial charge on any atom is -0.322 e. The molecule has 1 atom stereocenters. The van der Waals surface area contributed by atoms with Gasteiger partial charge in [-0.3, -0.25) is 24.6 Å². The number of piperidine rings is 3. The average molecular weight is 453 g/mol. The van der Waals surface area contributed by atoms with Gasteiger partial charge in [-0.25, -0.2) is 0 Å². The van der Waals surface area contributed by atoms with Gasteiger partial charge in [-0.2, -0.15) is 0 Å². The summed E-state index contributed by atoms with van der Waals surface area (Å²) in [5.41, 5.74) is 2.84. The van der Waals surface area contributed by atoms with Crippen molar-refractivity contribution < 1.29 is 14.4 Å². The number of fused-ring (bicyclic) bond motifs is 1. The summed E-state index contributed by atoms with van der Waals surface area (Å²) in [6, 6.07) is 5.54. The molecule has 0 radical (unpaired) electrons. The summed E-state index contributed by atoms with van der Waals surface area (Å²) in [6.45, 7) is 5.79. The Morgan fingerprint density at radius 3 is 2.36 bits per heavy atom. The third kappa shape index (κ3) is 4.99. The van der Waals surface area contributed by atoms with Gasteiger partial charge in [0.25, 0.3) is 5.91 Å². The highest BCUT2D eigenvalue weighted by molar-refractivity contribution is 6.05. The van der Waals surface area contributed by atoms with Crippen LogP contribution in [0.25, 0.3) is 0 Å². The number of amides is 3. The summed E-state index contributed by atoms with van der Waals surface area (Å²) < 4.78 is 0. The van der Waals surface area contributed by atoms with E-state index in [4.69, 9.17) is 0 Å². The number of carbonyl (C=O) groups is 3. The van der Waals surface area contributed by atoms with Crippen molar-refractivity contribution in [2.24, 2.45) is 11.8 Å². The van der Waals surface area contributed by atoms with Crippen LogP contribution in [0.1, 0.15) is 72.9 Å². The Balaban J connectivity index is 1.16. The van der Waals surface area contributed by atoms with E-state index < -0.39 is 6.04 Å². The van der Waals surface area contributed by atoms with Gasteiger partial charge < -0.3 is 10.2 Å². The maximum absolute atomic E-state index is 13.3. The molecule has 1 aromatic rings. The van der Waals surface area contributed by atoms with Gasteiger partial charge in [-0.1, -0.05) is 31.0 Å². The number of hydrogen-bond acceptors (Lipinski definition) is 5. The Bertz CT molecular complexity index is 903. The van der Waals surface area contributed by atoms with Crippen LogP contribution in [0.15, 0.2) is 18.2 Å². The van der Waals surface area contributed by atoms with Crippen LogP contribution in [0.4, 0.5) is 0 Å². The van der Waals surface area contributed by atoms with Crippen LogP contribution in [-0.4, -0.2) is 59.7 Å². The zero-order valence-corrected chi connectivity index (χ0v) is 19.5. The third-order valence-electron chi connectivity index (χ3n) is 8.18. The van der Waals surface area contributed by atoms with E-state index in [9.17, 15) is 14.4 Å². The minimum atomic E-state index is -0.550. The molecular formula is C26H36N4O3. The molecule has 7 heteroatoms. The Hall–Kier alpha value is -2.25. The first-order valence-corrected chi connectivity index (χ1v) is 12.8. The number of carbonyl (C=O) groups excluding carboxylic acids is 3. The Morgan fingerprint density at radius 2 is 1.64 bits per heavy atom. The highest BCUT2D eigenvalue weighted by Gasteiger charge is 2.40. The van der Waals surface area contributed by atoms with Crippen molar-refractivity contribution >= 4 is 17.7 Å². The van der Waals surface area contributed by atoms with Gasteiger partial charge in [0.2, 0.25) is 11.8 Å². The van der Waals surface area contributed by atoms with Crippen LogP contribution < -0.4 is 10.6 Å². The standard InChI is InChI=1S/C26H36N4O3/c31-23-7-6-22(25(32)28-23)30-17-21-3-1-2-20(24(21)26(30)33)16-29-14-10-19(11-15-29)5-4-18-8-12-27-13-9-18/h1-3,18-19,22,27H,4-17H2,(H,28,31,32). The molecule has 4 aliphatic heterocycles. The van der Waals surface area contributed by atoms with Crippen molar-refractivity contribution in [3.05, 3.63) is 34.9 Å². The van der Waals surface area contributed by atoms with Gasteiger partial charge in [-0.15, -0.1) is 0 Å². The largest absolute Gasteiger partial charge is 0.322 e. The van der Waals surface area contributed by atoms with E-state index >= 15 is 0 Å². The number of imide groups is 1. The van der Waals surface area contributed by atoms with Gasteiger partial charge in [0.15, 0.2) is 0 Å². The Morgan fingerprint density at radius 1 is 0.909 bits per heavy atom. The van der Waals surface area contributed by atoms with Gasteiger partial charge in [0.1, 0.15) is 6.04 Å². The topological polar surface area (TPSA) is 81.8 Å². The van der Waals surface area contributed by atoms with Crippen molar-refractivity contribution in [3.63, 3.8) is 0 Å². The Kier molecular flexibility index (Phi) is 6.79. The van der Waals surface area contributed by atoms with Crippen LogP contribution in [0, 0.1) is 11.8 Å². The number of rotatable bonds is 6. The molecule has 5 rings (SSSR count). The van der Waals surface area contributed by atoms with Crippen LogP contribution in [-0.2, 0) is 22.7 Å². The molecule has 3 saturated heterocycles. The highest BCUT2D eigenvalue weighted by Crippen LogP contribution is 2.32. The molecule has 4 heterocycles. The second-order valence-electron chi connectivity index (χ2n) is 10.3. The van der Waals surface area contributed by atoms with E-state index in [0.717, 1.165) is 48.2 Å². The summed E-state index contributed by atoms with van der Waals surface area (Å²) >= 11 is 0. The molecule has 0 saturated carbocycles. The third-order valence-corrected chi connectivity index (χ3v) is 8.18. The summed E-state index contributed by atoms with van der Waals surface area (Å²) in [7, 11) is 0. The fourth-order valence-electron chi connectivity index (χ4n) is 6.14. The number of nitrogens with one attached hydrogen (secondary N) is 2. The van der Waals surface area contributed by atoms with E-state index in [1.54, 1.807) is 4.90 Å². The number of benzene rings is 1. The fraction of sp³-hybridized carbons (Fsp3) is 0.654. The van der Waals surface area contributed by atoms with E-state index in [1.807, 2.05) is 12.1 Å². The highest BCUT2D eigenvalue weighted by atomic mass is 16.2. The van der Waals surface area contributed by atoms with E-state index in [-0.39, 0.29) is 24.1 Å². The molecule has 4 aliphatic rings. The number of hydrogen-bond donors (Lipinski definition) is 2. The SMILES string of the molecule is O=C1CCC(N2Cc3cccc(CN4CCC(CCC5CCNCC5)CC4)c3C2=O)C(=O)N1. The monoisotopic (exact) mass is 452 g/mol. The molecule has 3 amide bonds. The molecule has 2 N–H and O–H groups in total. The van der Waals surface area contributed by atoms with Gasteiger partial charge in [-0.05, 0) is 81.2 Å². The van der Waals surface area contributed by atoms with Crippen molar-refractivity contribution in [3.8, 4) is 0 Å². The first-order chi connectivity index (χ1) is 16.1. The number of nitrogens with zero attached hydrogens (tertiary/aromatic N) is 2. The zero-order valence-electron chi connectivity index (χ0n) is 19.5. The van der Waals surface area contributed by atoms with Crippen molar-refractivity contribution in [2.45, 2.75) is 70.5 Å². The fourth-order valence-corrected chi connectivity index (χ4v) is 6.14. The smallest absolute Gasteiger partial charge is 0.255 e. The second-order valence-corrected chi connectivity index (χ2v) is 10.3. The quantitative estimate of drug-likeness (QED) is 0.648. The molecule has 1 aromatic carbocycles. The second kappa shape index (κ2) is 9.94. The molecule has 3 fully saturated rings. The summed E-state index contributed by atoms with van der Waals surface area (Å²) in [5, 5.41) is 5.85. The minimum absolute atomic E-state index is 0.0630. The van der Waals surface area contributed by atoms with Crippen molar-refractivity contribution in [2.75, 3.05) is 26.2 Å². The van der Waals surface area contributed by atoms with Crippen molar-refractivity contribution in [1.29, 1.82) is 0 Å². The predicted molar refractivity (Wildman–Crippen MR) is 125 cm³/mol. The molecule has 178 valence electrons. The van der Waals surface area contributed by atoms with E-state index in [2.05, 4.69) is 21.6 Å². The Labute approximate surface area is 196 Å². The van der Waals surface area contributed by atoms with Crippen LogP contribution >= 0.6 is 0 Å². The summed E-state index contributed by atoms with van der Waals surface area (Å²) in [6.07, 6.45) is 8.60. The first kappa shape index (κ1) is 22.5. The molecule has 0 bridgehead atoms. The van der Waals surface area contributed by atoms with Crippen LogP contribution in [0.3, 0.4) is 0 Å². The van der Waals surface area contributed by atoms with Gasteiger partial charge >= 0.3 is 0 Å². The molecule has 7 nitrogen and oxygen atoms in total. The zero-order chi connectivity index (χ0) is 22.8. The molecule has 0 aliphatic carbocycles. The van der Waals surface area contributed by atoms with Crippen molar-refractivity contribution in [1.82, 2.24) is 20.4 Å². The van der Waals surface area contributed by atoms with E-state index in [1.165, 1.54) is 51.6 Å². The molecule has 33 heavy (non-hydrogen) atoms. The average Bonchev–Trinajstić information content (AvgIpc) is 3.16. The maximum Gasteiger partial charge on any atom is 0.255 e. The summed E-state index contributed by atoms with van der Waals surface area (Å²) in [5.74, 6) is 1.09. The normalized spacial score (nSPS) is 25.4. The molecule has 0 spiro atoms. The lowest BCUT2D eigenvalue weighted by Gasteiger charge is -2.33. The maximum atomic E-state index is 13.3. The van der Waals surface area contributed by atoms with E-state index in [0.29, 0.717) is 13.0 Å². The lowest BCUT2D eigenvalue weighted by molar-refractivity contribution is -0.136. The molecule has 0 aromatic heterocycles. The van der Waals surface area contributed by atoms with Crippen LogP contribution in [0.5, 0.6) is 0 Å².